The van der Waals surface area contributed by atoms with Crippen LogP contribution in [0.4, 0.5) is 11.4 Å². The van der Waals surface area contributed by atoms with E-state index in [0.717, 1.165) is 30.0 Å². The lowest BCUT2D eigenvalue weighted by Crippen LogP contribution is -2.30. The van der Waals surface area contributed by atoms with Gasteiger partial charge in [0.15, 0.2) is 0 Å². The molecule has 1 atom stereocenters. The first-order valence-electron chi connectivity index (χ1n) is 7.42. The summed E-state index contributed by atoms with van der Waals surface area (Å²) in [6.07, 6.45) is 0. The van der Waals surface area contributed by atoms with E-state index in [2.05, 4.69) is 41.5 Å². The Morgan fingerprint density at radius 2 is 2.19 bits per heavy atom. The summed E-state index contributed by atoms with van der Waals surface area (Å²) in [7, 11) is 3.52. The number of amides is 1. The smallest absolute Gasteiger partial charge is 0.246 e. The van der Waals surface area contributed by atoms with E-state index in [-0.39, 0.29) is 11.9 Å². The number of ether oxygens (including phenoxy) is 1. The van der Waals surface area contributed by atoms with Crippen molar-refractivity contribution in [2.75, 3.05) is 44.1 Å². The number of hydrogen-bond donors (Lipinski definition) is 2. The summed E-state index contributed by atoms with van der Waals surface area (Å²) in [5.74, 6) is 0.576. The molecule has 5 heteroatoms. The summed E-state index contributed by atoms with van der Waals surface area (Å²) >= 11 is 0. The highest BCUT2D eigenvalue weighted by Crippen LogP contribution is 2.34. The van der Waals surface area contributed by atoms with Gasteiger partial charge in [-0.1, -0.05) is 19.9 Å². The lowest BCUT2D eigenvalue weighted by Gasteiger charge is -2.27. The van der Waals surface area contributed by atoms with Gasteiger partial charge in [-0.25, -0.2) is 0 Å². The maximum Gasteiger partial charge on any atom is 0.246 e. The third-order valence-corrected chi connectivity index (χ3v) is 3.67. The van der Waals surface area contributed by atoms with E-state index in [1.54, 1.807) is 14.2 Å². The van der Waals surface area contributed by atoms with Gasteiger partial charge in [0, 0.05) is 37.1 Å². The monoisotopic (exact) mass is 291 g/mol. The Labute approximate surface area is 126 Å². The fourth-order valence-electron chi connectivity index (χ4n) is 2.70. The van der Waals surface area contributed by atoms with Crippen molar-refractivity contribution < 1.29 is 9.53 Å². The molecule has 1 aromatic rings. The molecule has 116 valence electrons. The molecule has 21 heavy (non-hydrogen) atoms. The van der Waals surface area contributed by atoms with E-state index >= 15 is 0 Å². The molecule has 0 aromatic heterocycles. The number of anilines is 2. The van der Waals surface area contributed by atoms with Crippen LogP contribution in [-0.4, -0.2) is 39.8 Å². The van der Waals surface area contributed by atoms with Gasteiger partial charge in [0.1, 0.15) is 6.04 Å². The third-order valence-electron chi connectivity index (χ3n) is 3.67. The lowest BCUT2D eigenvalue weighted by molar-refractivity contribution is -0.117. The average molecular weight is 291 g/mol. The van der Waals surface area contributed by atoms with Crippen LogP contribution in [0.2, 0.25) is 0 Å². The predicted molar refractivity (Wildman–Crippen MR) is 85.8 cm³/mol. The van der Waals surface area contributed by atoms with Crippen molar-refractivity contribution in [3.05, 3.63) is 23.8 Å². The Hall–Kier alpha value is -1.59. The van der Waals surface area contributed by atoms with E-state index in [1.807, 2.05) is 6.07 Å². The minimum atomic E-state index is -0.244. The largest absolute Gasteiger partial charge is 0.383 e. The highest BCUT2D eigenvalue weighted by Gasteiger charge is 2.29. The second-order valence-electron chi connectivity index (χ2n) is 5.82. The number of likely N-dealkylation sites (N-methyl/N-ethyl adjacent to an activating group) is 1. The first-order chi connectivity index (χ1) is 10.1. The topological polar surface area (TPSA) is 53.6 Å². The number of carbonyl (C=O) groups excluding carboxylic acids is 1. The number of hydrogen-bond acceptors (Lipinski definition) is 4. The molecule has 1 aromatic carbocycles. The summed E-state index contributed by atoms with van der Waals surface area (Å²) in [6, 6.07) is 5.93. The molecule has 2 rings (SSSR count). The first-order valence-corrected chi connectivity index (χ1v) is 7.42. The molecule has 0 saturated carbocycles. The zero-order valence-corrected chi connectivity index (χ0v) is 13.3. The van der Waals surface area contributed by atoms with Crippen LogP contribution in [-0.2, 0) is 9.53 Å². The Bertz CT molecular complexity index is 502. The molecule has 1 aliphatic rings. The minimum absolute atomic E-state index is 0.0111. The first kappa shape index (κ1) is 15.8. The number of nitrogens with one attached hydrogen (secondary N) is 2. The van der Waals surface area contributed by atoms with Gasteiger partial charge >= 0.3 is 0 Å². The number of benzene rings is 1. The molecule has 0 radical (unpaired) electrons. The predicted octanol–water partition coefficient (Wildman–Crippen LogP) is 2.01. The van der Waals surface area contributed by atoms with Gasteiger partial charge in [0.05, 0.1) is 6.61 Å². The van der Waals surface area contributed by atoms with Crippen LogP contribution >= 0.6 is 0 Å². The molecule has 1 unspecified atom stereocenters. The third kappa shape index (κ3) is 3.54. The number of methoxy groups -OCH3 is 1. The van der Waals surface area contributed by atoms with Crippen LogP contribution in [0.15, 0.2) is 18.2 Å². The zero-order chi connectivity index (χ0) is 15.4. The van der Waals surface area contributed by atoms with Crippen molar-refractivity contribution in [2.24, 2.45) is 5.92 Å². The molecule has 5 nitrogen and oxygen atoms in total. The molecule has 1 aliphatic heterocycles. The minimum Gasteiger partial charge on any atom is -0.383 e. The molecule has 0 saturated heterocycles. The van der Waals surface area contributed by atoms with E-state index in [0.29, 0.717) is 12.5 Å². The van der Waals surface area contributed by atoms with Gasteiger partial charge in [-0.3, -0.25) is 4.79 Å². The van der Waals surface area contributed by atoms with Crippen molar-refractivity contribution in [3.8, 4) is 0 Å². The number of nitrogens with zero attached hydrogens (tertiary/aromatic N) is 1. The molecule has 0 bridgehead atoms. The van der Waals surface area contributed by atoms with E-state index in [1.165, 1.54) is 0 Å². The summed E-state index contributed by atoms with van der Waals surface area (Å²) in [6.45, 7) is 6.90. The highest BCUT2D eigenvalue weighted by molar-refractivity contribution is 6.03. The van der Waals surface area contributed by atoms with Crippen molar-refractivity contribution in [1.29, 1.82) is 0 Å². The molecule has 0 aliphatic carbocycles. The van der Waals surface area contributed by atoms with Crippen LogP contribution in [0.1, 0.15) is 25.5 Å². The summed E-state index contributed by atoms with van der Waals surface area (Å²) in [5, 5.41) is 5.98. The average Bonchev–Trinajstić information content (AvgIpc) is 2.77. The Kier molecular flexibility index (Phi) is 5.20. The van der Waals surface area contributed by atoms with Gasteiger partial charge in [-0.05, 0) is 25.1 Å². The van der Waals surface area contributed by atoms with Crippen LogP contribution in [0.5, 0.6) is 0 Å². The van der Waals surface area contributed by atoms with Crippen molar-refractivity contribution in [3.63, 3.8) is 0 Å². The van der Waals surface area contributed by atoms with Crippen molar-refractivity contribution >= 4 is 17.3 Å². The second kappa shape index (κ2) is 6.91. The van der Waals surface area contributed by atoms with E-state index in [4.69, 9.17) is 4.74 Å². The maximum atomic E-state index is 11.9. The van der Waals surface area contributed by atoms with Crippen LogP contribution in [0, 0.1) is 5.92 Å². The number of fused-ring (bicyclic) bond motifs is 1. The Balaban J connectivity index is 2.23. The quantitative estimate of drug-likeness (QED) is 0.807. The number of carbonyl (C=O) groups is 1. The SMILES string of the molecule is CNC1C(=O)Nc2cc(N(CCOC)CC(C)C)ccc21. The summed E-state index contributed by atoms with van der Waals surface area (Å²) < 4.78 is 5.20. The lowest BCUT2D eigenvalue weighted by atomic mass is 10.1. The molecule has 0 spiro atoms. The van der Waals surface area contributed by atoms with Crippen LogP contribution < -0.4 is 15.5 Å². The molecule has 1 heterocycles. The molecule has 1 amide bonds. The normalized spacial score (nSPS) is 17.0. The summed E-state index contributed by atoms with van der Waals surface area (Å²) in [4.78, 5) is 14.2. The van der Waals surface area contributed by atoms with Gasteiger partial charge in [-0.15, -0.1) is 0 Å². The maximum absolute atomic E-state index is 11.9. The van der Waals surface area contributed by atoms with Crippen LogP contribution in [0.25, 0.3) is 0 Å². The highest BCUT2D eigenvalue weighted by atomic mass is 16.5. The second-order valence-corrected chi connectivity index (χ2v) is 5.82. The standard InChI is InChI=1S/C16H25N3O2/c1-11(2)10-19(7-8-21-4)12-5-6-13-14(9-12)18-16(20)15(13)17-3/h5-6,9,11,15,17H,7-8,10H2,1-4H3,(H,18,20). The molecular weight excluding hydrogens is 266 g/mol. The summed E-state index contributed by atoms with van der Waals surface area (Å²) in [5.41, 5.74) is 3.04. The molecule has 0 fully saturated rings. The van der Waals surface area contributed by atoms with E-state index in [9.17, 15) is 4.79 Å². The molecular formula is C16H25N3O2. The zero-order valence-electron chi connectivity index (χ0n) is 13.3. The van der Waals surface area contributed by atoms with Gasteiger partial charge in [0.25, 0.3) is 0 Å². The van der Waals surface area contributed by atoms with Crippen molar-refractivity contribution in [1.82, 2.24) is 5.32 Å². The van der Waals surface area contributed by atoms with Crippen LogP contribution in [0.3, 0.4) is 0 Å². The Morgan fingerprint density at radius 1 is 1.43 bits per heavy atom. The molecule has 2 N–H and O–H groups in total. The number of rotatable bonds is 7. The van der Waals surface area contributed by atoms with E-state index < -0.39 is 0 Å². The van der Waals surface area contributed by atoms with Gasteiger partial charge in [0.2, 0.25) is 5.91 Å². The fourth-order valence-corrected chi connectivity index (χ4v) is 2.70. The van der Waals surface area contributed by atoms with Crippen molar-refractivity contribution in [2.45, 2.75) is 19.9 Å². The van der Waals surface area contributed by atoms with Gasteiger partial charge in [-0.2, -0.15) is 0 Å². The Morgan fingerprint density at radius 3 is 2.81 bits per heavy atom. The fraction of sp³-hybridized carbons (Fsp3) is 0.562. The van der Waals surface area contributed by atoms with Gasteiger partial charge < -0.3 is 20.3 Å².